The summed E-state index contributed by atoms with van der Waals surface area (Å²) >= 11 is 6.11. The maximum absolute atomic E-state index is 13.1. The maximum Gasteiger partial charge on any atom is 0.408 e. The van der Waals surface area contributed by atoms with Gasteiger partial charge in [0.15, 0.2) is 5.78 Å². The number of hydrogen-bond acceptors (Lipinski definition) is 6. The van der Waals surface area contributed by atoms with Crippen LogP contribution in [0.25, 0.3) is 0 Å². The molecule has 9 nitrogen and oxygen atoms in total. The molecule has 0 aliphatic heterocycles. The summed E-state index contributed by atoms with van der Waals surface area (Å²) in [5, 5.41) is 16.3. The highest BCUT2D eigenvalue weighted by Gasteiger charge is 2.23. The van der Waals surface area contributed by atoms with Crippen molar-refractivity contribution in [2.45, 2.75) is 19.6 Å². The highest BCUT2D eigenvalue weighted by Crippen LogP contribution is 2.27. The van der Waals surface area contributed by atoms with E-state index in [1.165, 1.54) is 25.1 Å². The molecule has 174 valence electrons. The van der Waals surface area contributed by atoms with Crippen LogP contribution in [-0.2, 0) is 16.1 Å². The lowest BCUT2D eigenvalue weighted by molar-refractivity contribution is -0.384. The number of halogens is 1. The zero-order valence-electron chi connectivity index (χ0n) is 18.0. The second kappa shape index (κ2) is 11.1. The van der Waals surface area contributed by atoms with Crippen LogP contribution in [0.15, 0.2) is 72.8 Å². The molecule has 0 saturated carbocycles. The van der Waals surface area contributed by atoms with Gasteiger partial charge in [-0.05, 0) is 30.7 Å². The van der Waals surface area contributed by atoms with Crippen molar-refractivity contribution in [2.24, 2.45) is 0 Å². The van der Waals surface area contributed by atoms with E-state index in [-0.39, 0.29) is 34.1 Å². The Balaban J connectivity index is 1.74. The van der Waals surface area contributed by atoms with Crippen molar-refractivity contribution in [3.8, 4) is 0 Å². The van der Waals surface area contributed by atoms with Crippen molar-refractivity contribution in [3.63, 3.8) is 0 Å². The lowest BCUT2D eigenvalue weighted by atomic mass is 10.0. The van der Waals surface area contributed by atoms with Crippen LogP contribution in [0.4, 0.5) is 16.2 Å². The van der Waals surface area contributed by atoms with Gasteiger partial charge in [-0.25, -0.2) is 4.79 Å². The molecule has 3 aromatic carbocycles. The van der Waals surface area contributed by atoms with E-state index < -0.39 is 28.7 Å². The Bertz CT molecular complexity index is 1230. The lowest BCUT2D eigenvalue weighted by Gasteiger charge is -2.16. The molecule has 3 aromatic rings. The van der Waals surface area contributed by atoms with E-state index in [1.807, 2.05) is 6.07 Å². The fourth-order valence-electron chi connectivity index (χ4n) is 2.98. The predicted octanol–water partition coefficient (Wildman–Crippen LogP) is 4.73. The molecule has 2 amide bonds. The number of nitrogens with zero attached hydrogens (tertiary/aromatic N) is 1. The summed E-state index contributed by atoms with van der Waals surface area (Å²) in [5.74, 6) is -1.26. The van der Waals surface area contributed by atoms with Crippen LogP contribution in [0.3, 0.4) is 0 Å². The second-order valence-corrected chi connectivity index (χ2v) is 7.62. The molecule has 3 rings (SSSR count). The fraction of sp³-hybridized carbons (Fsp3) is 0.125. The number of ether oxygens (including phenoxy) is 1. The Hall–Kier alpha value is -4.24. The standard InChI is InChI=1S/C24H20ClN3O6/c1-15(26-24(31)34-14-16-7-3-2-4-8-16)23(30)27-21-12-11-17(28(32)33)13-19(21)22(29)18-9-5-6-10-20(18)25/h2-13,15H,14H2,1H3,(H,26,31)(H,27,30)/t15-/m0/s1. The van der Waals surface area contributed by atoms with Crippen LogP contribution < -0.4 is 10.6 Å². The number of carbonyl (C=O) groups is 3. The molecule has 0 spiro atoms. The van der Waals surface area contributed by atoms with Gasteiger partial charge >= 0.3 is 6.09 Å². The summed E-state index contributed by atoms with van der Waals surface area (Å²) in [5.41, 5.74) is 0.490. The van der Waals surface area contributed by atoms with Gasteiger partial charge in [0.2, 0.25) is 5.91 Å². The summed E-state index contributed by atoms with van der Waals surface area (Å²) < 4.78 is 5.10. The van der Waals surface area contributed by atoms with Gasteiger partial charge in [-0.1, -0.05) is 54.1 Å². The average molecular weight is 482 g/mol. The SMILES string of the molecule is C[C@H](NC(=O)OCc1ccccc1)C(=O)Nc1ccc([N+](=O)[O-])cc1C(=O)c1ccccc1Cl. The predicted molar refractivity (Wildman–Crippen MR) is 126 cm³/mol. The third kappa shape index (κ3) is 6.17. The molecule has 1 atom stereocenters. The topological polar surface area (TPSA) is 128 Å². The minimum Gasteiger partial charge on any atom is -0.445 e. The zero-order chi connectivity index (χ0) is 24.7. The van der Waals surface area contributed by atoms with Crippen LogP contribution in [-0.4, -0.2) is 28.7 Å². The maximum atomic E-state index is 13.1. The molecule has 0 aliphatic rings. The lowest BCUT2D eigenvalue weighted by Crippen LogP contribution is -2.42. The van der Waals surface area contributed by atoms with Gasteiger partial charge in [-0.15, -0.1) is 0 Å². The molecular weight excluding hydrogens is 462 g/mol. The van der Waals surface area contributed by atoms with Gasteiger partial charge in [0.1, 0.15) is 12.6 Å². The van der Waals surface area contributed by atoms with E-state index in [2.05, 4.69) is 10.6 Å². The van der Waals surface area contributed by atoms with Gasteiger partial charge in [-0.2, -0.15) is 0 Å². The number of ketones is 1. The Labute approximate surface area is 199 Å². The van der Waals surface area contributed by atoms with Gasteiger partial charge in [0, 0.05) is 17.7 Å². The van der Waals surface area contributed by atoms with E-state index in [1.54, 1.807) is 36.4 Å². The third-order valence-electron chi connectivity index (χ3n) is 4.78. The molecule has 10 heteroatoms. The molecule has 0 radical (unpaired) electrons. The normalized spacial score (nSPS) is 11.2. The molecule has 0 bridgehead atoms. The van der Waals surface area contributed by atoms with Gasteiger partial charge < -0.3 is 15.4 Å². The molecule has 0 saturated heterocycles. The van der Waals surface area contributed by atoms with Gasteiger partial charge in [0.05, 0.1) is 21.2 Å². The molecule has 0 fully saturated rings. The second-order valence-electron chi connectivity index (χ2n) is 7.21. The third-order valence-corrected chi connectivity index (χ3v) is 5.10. The smallest absolute Gasteiger partial charge is 0.408 e. The van der Waals surface area contributed by atoms with Gasteiger partial charge in [0.25, 0.3) is 5.69 Å². The van der Waals surface area contributed by atoms with Crippen molar-refractivity contribution >= 4 is 40.8 Å². The van der Waals surface area contributed by atoms with Crippen molar-refractivity contribution in [2.75, 3.05) is 5.32 Å². The molecule has 0 aliphatic carbocycles. The van der Waals surface area contributed by atoms with Crippen LogP contribution in [0.2, 0.25) is 5.02 Å². The number of non-ortho nitro benzene ring substituents is 1. The molecule has 2 N–H and O–H groups in total. The molecule has 0 heterocycles. The van der Waals surface area contributed by atoms with Crippen LogP contribution in [0, 0.1) is 10.1 Å². The minimum absolute atomic E-state index is 0.0276. The number of nitrogens with one attached hydrogen (secondary N) is 2. The molecule has 0 unspecified atom stereocenters. The number of anilines is 1. The summed E-state index contributed by atoms with van der Waals surface area (Å²) in [6, 6.07) is 17.7. The largest absolute Gasteiger partial charge is 0.445 e. The number of nitro benzene ring substituents is 1. The zero-order valence-corrected chi connectivity index (χ0v) is 18.7. The number of benzene rings is 3. The van der Waals surface area contributed by atoms with Crippen molar-refractivity contribution in [1.82, 2.24) is 5.32 Å². The Morgan fingerprint density at radius 2 is 1.68 bits per heavy atom. The quantitative estimate of drug-likeness (QED) is 0.272. The first kappa shape index (κ1) is 24.4. The number of alkyl carbamates (subject to hydrolysis) is 1. The minimum atomic E-state index is -1.03. The molecule has 0 aromatic heterocycles. The van der Waals surface area contributed by atoms with E-state index in [0.717, 1.165) is 17.7 Å². The van der Waals surface area contributed by atoms with Crippen LogP contribution in [0.1, 0.15) is 28.4 Å². The number of rotatable bonds is 8. The van der Waals surface area contributed by atoms with Crippen LogP contribution in [0.5, 0.6) is 0 Å². The first-order chi connectivity index (χ1) is 16.3. The fourth-order valence-corrected chi connectivity index (χ4v) is 3.20. The van der Waals surface area contributed by atoms with E-state index in [9.17, 15) is 24.5 Å². The number of nitro groups is 1. The summed E-state index contributed by atoms with van der Waals surface area (Å²) in [4.78, 5) is 48.3. The first-order valence-electron chi connectivity index (χ1n) is 10.1. The number of carbonyl (C=O) groups excluding carboxylic acids is 3. The number of hydrogen-bond donors (Lipinski definition) is 2. The summed E-state index contributed by atoms with van der Waals surface area (Å²) in [6.45, 7) is 1.46. The van der Waals surface area contributed by atoms with Crippen molar-refractivity contribution in [3.05, 3.63) is 105 Å². The van der Waals surface area contributed by atoms with Crippen LogP contribution >= 0.6 is 11.6 Å². The number of amides is 2. The highest BCUT2D eigenvalue weighted by atomic mass is 35.5. The van der Waals surface area contributed by atoms with Crippen molar-refractivity contribution in [1.29, 1.82) is 0 Å². The molecular formula is C24H20ClN3O6. The molecule has 34 heavy (non-hydrogen) atoms. The van der Waals surface area contributed by atoms with E-state index >= 15 is 0 Å². The summed E-state index contributed by atoms with van der Waals surface area (Å²) in [7, 11) is 0. The first-order valence-corrected chi connectivity index (χ1v) is 10.5. The summed E-state index contributed by atoms with van der Waals surface area (Å²) in [6.07, 6.45) is -0.803. The highest BCUT2D eigenvalue weighted by molar-refractivity contribution is 6.35. The van der Waals surface area contributed by atoms with Crippen molar-refractivity contribution < 1.29 is 24.0 Å². The Morgan fingerprint density at radius 3 is 2.35 bits per heavy atom. The Kier molecular flexibility index (Phi) is 7.94. The van der Waals surface area contributed by atoms with E-state index in [0.29, 0.717) is 0 Å². The average Bonchev–Trinajstić information content (AvgIpc) is 2.83. The van der Waals surface area contributed by atoms with E-state index in [4.69, 9.17) is 16.3 Å². The Morgan fingerprint density at radius 1 is 1.00 bits per heavy atom. The van der Waals surface area contributed by atoms with Gasteiger partial charge in [-0.3, -0.25) is 19.7 Å². The monoisotopic (exact) mass is 481 g/mol.